The van der Waals surface area contributed by atoms with Crippen LogP contribution in [0.1, 0.15) is 5.76 Å². The number of nitro groups is 2. The molecular weight excluding hydrogens is 252 g/mol. The Hall–Kier alpha value is -2.15. The van der Waals surface area contributed by atoms with Gasteiger partial charge in [0.25, 0.3) is 5.69 Å². The number of fused-ring (bicyclic) bond motifs is 1. The fourth-order valence-corrected chi connectivity index (χ4v) is 1.61. The summed E-state index contributed by atoms with van der Waals surface area (Å²) in [5.74, 6) is 0.366. The molecule has 17 heavy (non-hydrogen) atoms. The number of nitrogens with zero attached hydrogens (tertiary/aromatic N) is 2. The first-order chi connectivity index (χ1) is 8.02. The molecule has 0 bridgehead atoms. The lowest BCUT2D eigenvalue weighted by atomic mass is 10.2. The molecule has 0 saturated carbocycles. The molecule has 88 valence electrons. The standard InChI is InChI=1S/C9H5ClN2O5/c10-4-7-2-5-1-6(11(13)14)3-8(12(15)16)9(5)17-7/h1-3H,4H2. The number of non-ortho nitro benzene ring substituents is 2. The van der Waals surface area contributed by atoms with Crippen LogP contribution in [0.4, 0.5) is 11.4 Å². The summed E-state index contributed by atoms with van der Waals surface area (Å²) in [6, 6.07) is 3.52. The van der Waals surface area contributed by atoms with Crippen molar-refractivity contribution in [3.8, 4) is 0 Å². The molecule has 0 saturated heterocycles. The van der Waals surface area contributed by atoms with E-state index in [9.17, 15) is 20.2 Å². The molecule has 2 aromatic rings. The van der Waals surface area contributed by atoms with E-state index < -0.39 is 15.5 Å². The molecule has 0 spiro atoms. The van der Waals surface area contributed by atoms with Crippen molar-refractivity contribution in [1.29, 1.82) is 0 Å². The summed E-state index contributed by atoms with van der Waals surface area (Å²) in [6.45, 7) is 0. The van der Waals surface area contributed by atoms with Gasteiger partial charge in [-0.15, -0.1) is 11.6 Å². The van der Waals surface area contributed by atoms with E-state index >= 15 is 0 Å². The van der Waals surface area contributed by atoms with E-state index in [-0.39, 0.29) is 17.2 Å². The molecule has 1 aromatic carbocycles. The molecule has 0 N–H and O–H groups in total. The van der Waals surface area contributed by atoms with Crippen molar-refractivity contribution in [2.24, 2.45) is 0 Å². The van der Waals surface area contributed by atoms with Crippen LogP contribution in [0, 0.1) is 20.2 Å². The van der Waals surface area contributed by atoms with E-state index in [1.165, 1.54) is 12.1 Å². The van der Waals surface area contributed by atoms with Crippen molar-refractivity contribution in [2.75, 3.05) is 0 Å². The van der Waals surface area contributed by atoms with E-state index in [2.05, 4.69) is 0 Å². The number of hydrogen-bond donors (Lipinski definition) is 0. The summed E-state index contributed by atoms with van der Waals surface area (Å²) in [6.07, 6.45) is 0. The van der Waals surface area contributed by atoms with E-state index in [0.717, 1.165) is 6.07 Å². The molecule has 8 heteroatoms. The van der Waals surface area contributed by atoms with Crippen molar-refractivity contribution in [3.63, 3.8) is 0 Å². The molecule has 1 heterocycles. The number of nitro benzene ring substituents is 2. The second-order valence-corrected chi connectivity index (χ2v) is 3.51. The van der Waals surface area contributed by atoms with E-state index in [0.29, 0.717) is 11.1 Å². The summed E-state index contributed by atoms with van der Waals surface area (Å²) in [5, 5.41) is 21.7. The van der Waals surface area contributed by atoms with Crippen LogP contribution < -0.4 is 0 Å². The first-order valence-corrected chi connectivity index (χ1v) is 4.97. The van der Waals surface area contributed by atoms with Gasteiger partial charge in [0.2, 0.25) is 5.58 Å². The van der Waals surface area contributed by atoms with Crippen molar-refractivity contribution >= 4 is 33.9 Å². The Morgan fingerprint density at radius 3 is 2.41 bits per heavy atom. The van der Waals surface area contributed by atoms with Gasteiger partial charge in [-0.1, -0.05) is 0 Å². The first kappa shape index (κ1) is 11.3. The zero-order chi connectivity index (χ0) is 12.6. The Balaban J connectivity index is 2.78. The first-order valence-electron chi connectivity index (χ1n) is 4.44. The molecule has 0 fully saturated rings. The molecule has 1 aromatic heterocycles. The largest absolute Gasteiger partial charge is 0.453 e. The van der Waals surface area contributed by atoms with Gasteiger partial charge in [-0.2, -0.15) is 0 Å². The second-order valence-electron chi connectivity index (χ2n) is 3.24. The predicted molar refractivity (Wildman–Crippen MR) is 59.1 cm³/mol. The van der Waals surface area contributed by atoms with Gasteiger partial charge in [-0.05, 0) is 6.07 Å². The summed E-state index contributed by atoms with van der Waals surface area (Å²) in [5.41, 5.74) is -0.798. The molecule has 0 amide bonds. The Morgan fingerprint density at radius 2 is 1.88 bits per heavy atom. The van der Waals surface area contributed by atoms with Crippen molar-refractivity contribution in [2.45, 2.75) is 5.88 Å². The lowest BCUT2D eigenvalue weighted by Crippen LogP contribution is -1.92. The monoisotopic (exact) mass is 256 g/mol. The van der Waals surface area contributed by atoms with Crippen molar-refractivity contribution in [3.05, 3.63) is 44.2 Å². The average Bonchev–Trinajstić information content (AvgIpc) is 2.69. The molecule has 0 atom stereocenters. The highest BCUT2D eigenvalue weighted by atomic mass is 35.5. The highest BCUT2D eigenvalue weighted by Crippen LogP contribution is 2.33. The van der Waals surface area contributed by atoms with E-state index in [4.69, 9.17) is 16.0 Å². The fraction of sp³-hybridized carbons (Fsp3) is 0.111. The van der Waals surface area contributed by atoms with E-state index in [1.54, 1.807) is 0 Å². The van der Waals surface area contributed by atoms with Gasteiger partial charge in [-0.25, -0.2) is 0 Å². The summed E-state index contributed by atoms with van der Waals surface area (Å²) in [7, 11) is 0. The molecular formula is C9H5ClN2O5. The van der Waals surface area contributed by atoms with Crippen LogP contribution in [0.3, 0.4) is 0 Å². The maximum absolute atomic E-state index is 10.8. The maximum Gasteiger partial charge on any atom is 0.319 e. The zero-order valence-electron chi connectivity index (χ0n) is 8.25. The Bertz CT molecular complexity index is 621. The Labute approximate surface area is 98.9 Å². The Morgan fingerprint density at radius 1 is 1.18 bits per heavy atom. The fourth-order valence-electron chi connectivity index (χ4n) is 1.48. The van der Waals surface area contributed by atoms with Gasteiger partial charge in [0.1, 0.15) is 5.76 Å². The van der Waals surface area contributed by atoms with Gasteiger partial charge in [-0.3, -0.25) is 20.2 Å². The van der Waals surface area contributed by atoms with Gasteiger partial charge < -0.3 is 4.42 Å². The third-order valence-corrected chi connectivity index (χ3v) is 2.44. The molecule has 0 radical (unpaired) electrons. The number of hydrogen-bond acceptors (Lipinski definition) is 5. The zero-order valence-corrected chi connectivity index (χ0v) is 9.01. The third-order valence-electron chi connectivity index (χ3n) is 2.17. The minimum absolute atomic E-state index is 0.00347. The molecule has 0 aliphatic heterocycles. The van der Waals surface area contributed by atoms with Gasteiger partial charge in [0.05, 0.1) is 21.8 Å². The summed E-state index contributed by atoms with van der Waals surface area (Å²) in [4.78, 5) is 20.0. The molecule has 0 aliphatic rings. The summed E-state index contributed by atoms with van der Waals surface area (Å²) < 4.78 is 5.15. The third kappa shape index (κ3) is 1.92. The quantitative estimate of drug-likeness (QED) is 0.477. The minimum Gasteiger partial charge on any atom is -0.453 e. The van der Waals surface area contributed by atoms with Crippen LogP contribution in [-0.4, -0.2) is 9.85 Å². The van der Waals surface area contributed by atoms with Crippen molar-refractivity contribution in [1.82, 2.24) is 0 Å². The Kier molecular flexibility index (Phi) is 2.68. The average molecular weight is 257 g/mol. The van der Waals surface area contributed by atoms with Gasteiger partial charge in [0.15, 0.2) is 0 Å². The number of halogens is 1. The van der Waals surface area contributed by atoms with Crippen LogP contribution in [0.2, 0.25) is 0 Å². The van der Waals surface area contributed by atoms with Gasteiger partial charge >= 0.3 is 5.69 Å². The SMILES string of the molecule is O=[N+]([O-])c1cc([N+](=O)[O-])c2oc(CCl)cc2c1. The highest BCUT2D eigenvalue weighted by molar-refractivity contribution is 6.17. The van der Waals surface area contributed by atoms with Crippen LogP contribution in [0.15, 0.2) is 22.6 Å². The lowest BCUT2D eigenvalue weighted by molar-refractivity contribution is -0.393. The maximum atomic E-state index is 10.8. The molecule has 0 aliphatic carbocycles. The minimum atomic E-state index is -0.725. The smallest absolute Gasteiger partial charge is 0.319 e. The summed E-state index contributed by atoms with van der Waals surface area (Å²) >= 11 is 5.54. The van der Waals surface area contributed by atoms with Crippen LogP contribution in [-0.2, 0) is 5.88 Å². The molecule has 0 unspecified atom stereocenters. The number of rotatable bonds is 3. The second kappa shape index (κ2) is 4.02. The number of alkyl halides is 1. The van der Waals surface area contributed by atoms with Crippen LogP contribution >= 0.6 is 11.6 Å². The number of benzene rings is 1. The van der Waals surface area contributed by atoms with Gasteiger partial charge in [0, 0.05) is 11.5 Å². The normalized spacial score (nSPS) is 10.6. The van der Waals surface area contributed by atoms with Crippen LogP contribution in [0.5, 0.6) is 0 Å². The van der Waals surface area contributed by atoms with Crippen LogP contribution in [0.25, 0.3) is 11.0 Å². The molecule has 2 rings (SSSR count). The topological polar surface area (TPSA) is 99.4 Å². The molecule has 7 nitrogen and oxygen atoms in total. The van der Waals surface area contributed by atoms with E-state index in [1.807, 2.05) is 0 Å². The lowest BCUT2D eigenvalue weighted by Gasteiger charge is -1.94. The highest BCUT2D eigenvalue weighted by Gasteiger charge is 2.22. The van der Waals surface area contributed by atoms with Crippen molar-refractivity contribution < 1.29 is 14.3 Å². The number of furan rings is 1. The predicted octanol–water partition coefficient (Wildman–Crippen LogP) is 2.99.